The molecule has 4 rings (SSSR count). The molecule has 7 heteroatoms. The van der Waals surface area contributed by atoms with Gasteiger partial charge in [0.05, 0.1) is 17.1 Å². The highest BCUT2D eigenvalue weighted by molar-refractivity contribution is 7.17. The first kappa shape index (κ1) is 11.1. The van der Waals surface area contributed by atoms with Crippen LogP contribution in [0.25, 0.3) is 0 Å². The number of anilines is 1. The van der Waals surface area contributed by atoms with E-state index in [1.54, 1.807) is 6.33 Å². The van der Waals surface area contributed by atoms with Crippen LogP contribution < -0.4 is 4.90 Å². The second-order valence-corrected chi connectivity index (χ2v) is 6.01. The Hall–Kier alpha value is -1.76. The molecule has 98 valence electrons. The standard InChI is InChI=1S/C12H13N5OS/c18-6-9-11(8-1-2-8)14-12(19-9)16-3-4-17-7-13-15-10(17)5-16/h6-8H,1-5H2. The monoisotopic (exact) mass is 275 g/mol. The summed E-state index contributed by atoms with van der Waals surface area (Å²) < 4.78 is 2.06. The summed E-state index contributed by atoms with van der Waals surface area (Å²) in [7, 11) is 0. The lowest BCUT2D eigenvalue weighted by Gasteiger charge is -2.26. The van der Waals surface area contributed by atoms with Gasteiger partial charge in [-0.05, 0) is 12.8 Å². The number of rotatable bonds is 3. The first-order valence-corrected chi connectivity index (χ1v) is 7.24. The molecule has 6 nitrogen and oxygen atoms in total. The summed E-state index contributed by atoms with van der Waals surface area (Å²) in [5, 5.41) is 8.97. The van der Waals surface area contributed by atoms with Gasteiger partial charge < -0.3 is 9.47 Å². The van der Waals surface area contributed by atoms with Gasteiger partial charge in [0.25, 0.3) is 0 Å². The van der Waals surface area contributed by atoms with Crippen LogP contribution in [0.15, 0.2) is 6.33 Å². The second-order valence-electron chi connectivity index (χ2n) is 5.00. The van der Waals surface area contributed by atoms with Gasteiger partial charge in [0.2, 0.25) is 0 Å². The van der Waals surface area contributed by atoms with E-state index in [9.17, 15) is 4.79 Å². The number of aldehydes is 1. The number of fused-ring (bicyclic) bond motifs is 1. The molecule has 0 unspecified atom stereocenters. The van der Waals surface area contributed by atoms with Crippen molar-refractivity contribution in [2.24, 2.45) is 0 Å². The first-order chi connectivity index (χ1) is 9.35. The number of hydrogen-bond acceptors (Lipinski definition) is 6. The van der Waals surface area contributed by atoms with Crippen LogP contribution in [0.1, 0.15) is 39.9 Å². The first-order valence-electron chi connectivity index (χ1n) is 6.42. The Morgan fingerprint density at radius 1 is 1.37 bits per heavy atom. The molecule has 19 heavy (non-hydrogen) atoms. The van der Waals surface area contributed by atoms with Crippen LogP contribution in [0.5, 0.6) is 0 Å². The summed E-state index contributed by atoms with van der Waals surface area (Å²) in [5.74, 6) is 1.47. The van der Waals surface area contributed by atoms with Crippen LogP contribution >= 0.6 is 11.3 Å². The van der Waals surface area contributed by atoms with Gasteiger partial charge in [-0.2, -0.15) is 0 Å². The molecule has 0 saturated heterocycles. The van der Waals surface area contributed by atoms with Crippen molar-refractivity contribution in [1.82, 2.24) is 19.7 Å². The van der Waals surface area contributed by atoms with E-state index in [1.165, 1.54) is 24.2 Å². The third kappa shape index (κ3) is 1.85. The molecule has 0 aromatic carbocycles. The molecular weight excluding hydrogens is 262 g/mol. The lowest BCUT2D eigenvalue weighted by molar-refractivity contribution is 0.112. The Morgan fingerprint density at radius 3 is 3.05 bits per heavy atom. The molecule has 0 atom stereocenters. The van der Waals surface area contributed by atoms with Crippen LogP contribution in [0, 0.1) is 0 Å². The summed E-state index contributed by atoms with van der Waals surface area (Å²) in [4.78, 5) is 18.8. The molecule has 2 aromatic rings. The molecule has 1 aliphatic heterocycles. The lowest BCUT2D eigenvalue weighted by Crippen LogP contribution is -2.33. The fraction of sp³-hybridized carbons (Fsp3) is 0.500. The predicted octanol–water partition coefficient (Wildman–Crippen LogP) is 1.44. The summed E-state index contributed by atoms with van der Waals surface area (Å²) in [5.41, 5.74) is 1.00. The number of carbonyl (C=O) groups is 1. The molecular formula is C12H13N5OS. The number of aromatic nitrogens is 4. The average Bonchev–Trinajstić information content (AvgIpc) is 3.03. The molecule has 2 aliphatic rings. The van der Waals surface area contributed by atoms with Crippen LogP contribution in [-0.4, -0.2) is 32.6 Å². The number of thiazole rings is 1. The van der Waals surface area contributed by atoms with Crippen LogP contribution in [0.2, 0.25) is 0 Å². The van der Waals surface area contributed by atoms with Gasteiger partial charge in [-0.15, -0.1) is 10.2 Å². The number of nitrogens with zero attached hydrogens (tertiary/aromatic N) is 5. The van der Waals surface area contributed by atoms with Crippen molar-refractivity contribution < 1.29 is 4.79 Å². The van der Waals surface area contributed by atoms with Crippen molar-refractivity contribution in [3.8, 4) is 0 Å². The van der Waals surface area contributed by atoms with Gasteiger partial charge in [0.15, 0.2) is 17.2 Å². The third-order valence-corrected chi connectivity index (χ3v) is 4.71. The molecule has 0 spiro atoms. The van der Waals surface area contributed by atoms with Gasteiger partial charge in [-0.25, -0.2) is 4.98 Å². The van der Waals surface area contributed by atoms with Crippen molar-refractivity contribution in [2.45, 2.75) is 31.8 Å². The molecule has 0 amide bonds. The molecule has 0 bridgehead atoms. The highest BCUT2D eigenvalue weighted by Gasteiger charge is 2.31. The van der Waals surface area contributed by atoms with Crippen LogP contribution in [0.4, 0.5) is 5.13 Å². The molecule has 1 fully saturated rings. The van der Waals surface area contributed by atoms with Crippen LogP contribution in [0.3, 0.4) is 0 Å². The van der Waals surface area contributed by atoms with Crippen molar-refractivity contribution in [1.29, 1.82) is 0 Å². The zero-order valence-electron chi connectivity index (χ0n) is 10.3. The third-order valence-electron chi connectivity index (χ3n) is 3.65. The van der Waals surface area contributed by atoms with Gasteiger partial charge in [0, 0.05) is 19.0 Å². The maximum atomic E-state index is 11.1. The van der Waals surface area contributed by atoms with E-state index in [-0.39, 0.29) is 0 Å². The summed E-state index contributed by atoms with van der Waals surface area (Å²) in [6, 6.07) is 0. The normalized spacial score (nSPS) is 18.4. The van der Waals surface area contributed by atoms with E-state index in [2.05, 4.69) is 24.6 Å². The van der Waals surface area contributed by atoms with E-state index in [0.717, 1.165) is 47.4 Å². The Bertz CT molecular complexity index is 630. The predicted molar refractivity (Wildman–Crippen MR) is 70.5 cm³/mol. The number of hydrogen-bond donors (Lipinski definition) is 0. The summed E-state index contributed by atoms with van der Waals surface area (Å²) >= 11 is 1.50. The molecule has 2 aromatic heterocycles. The fourth-order valence-corrected chi connectivity index (χ4v) is 3.42. The van der Waals surface area contributed by atoms with E-state index < -0.39 is 0 Å². The Balaban J connectivity index is 1.64. The molecule has 0 radical (unpaired) electrons. The van der Waals surface area contributed by atoms with Gasteiger partial charge in [-0.1, -0.05) is 11.3 Å². The largest absolute Gasteiger partial charge is 0.339 e. The summed E-state index contributed by atoms with van der Waals surface area (Å²) in [6.07, 6.45) is 5.04. The minimum atomic E-state index is 0.513. The highest BCUT2D eigenvalue weighted by Crippen LogP contribution is 2.43. The van der Waals surface area contributed by atoms with E-state index >= 15 is 0 Å². The molecule has 0 N–H and O–H groups in total. The fourth-order valence-electron chi connectivity index (χ4n) is 2.43. The highest BCUT2D eigenvalue weighted by atomic mass is 32.1. The van der Waals surface area contributed by atoms with Crippen molar-refractivity contribution >= 4 is 22.8 Å². The minimum Gasteiger partial charge on any atom is -0.339 e. The van der Waals surface area contributed by atoms with Crippen LogP contribution in [-0.2, 0) is 13.1 Å². The minimum absolute atomic E-state index is 0.513. The smallest absolute Gasteiger partial charge is 0.186 e. The number of carbonyl (C=O) groups excluding carboxylic acids is 1. The average molecular weight is 275 g/mol. The Morgan fingerprint density at radius 2 is 2.26 bits per heavy atom. The molecule has 3 heterocycles. The second kappa shape index (κ2) is 4.12. The van der Waals surface area contributed by atoms with E-state index in [0.29, 0.717) is 5.92 Å². The Labute approximate surface area is 114 Å². The van der Waals surface area contributed by atoms with E-state index in [4.69, 9.17) is 0 Å². The maximum Gasteiger partial charge on any atom is 0.186 e. The topological polar surface area (TPSA) is 63.9 Å². The SMILES string of the molecule is O=Cc1sc(N2CCn3cnnc3C2)nc1C1CC1. The Kier molecular flexibility index (Phi) is 2.41. The lowest BCUT2D eigenvalue weighted by atomic mass is 10.3. The quantitative estimate of drug-likeness (QED) is 0.793. The zero-order valence-corrected chi connectivity index (χ0v) is 11.1. The van der Waals surface area contributed by atoms with Gasteiger partial charge in [0.1, 0.15) is 6.33 Å². The summed E-state index contributed by atoms with van der Waals surface area (Å²) in [6.45, 7) is 2.48. The molecule has 1 aliphatic carbocycles. The van der Waals surface area contributed by atoms with Gasteiger partial charge in [-0.3, -0.25) is 4.79 Å². The van der Waals surface area contributed by atoms with Crippen molar-refractivity contribution in [2.75, 3.05) is 11.4 Å². The maximum absolute atomic E-state index is 11.1. The van der Waals surface area contributed by atoms with Gasteiger partial charge >= 0.3 is 0 Å². The van der Waals surface area contributed by atoms with Crippen molar-refractivity contribution in [3.63, 3.8) is 0 Å². The van der Waals surface area contributed by atoms with Crippen molar-refractivity contribution in [3.05, 3.63) is 22.7 Å². The molecule has 1 saturated carbocycles. The zero-order chi connectivity index (χ0) is 12.8. The van der Waals surface area contributed by atoms with E-state index in [1.807, 2.05) is 0 Å².